The number of nitrogens with zero attached hydrogens (tertiary/aromatic N) is 2. The maximum Gasteiger partial charge on any atom is 0.325 e. The Morgan fingerprint density at radius 1 is 1.47 bits per heavy atom. The lowest BCUT2D eigenvalue weighted by Gasteiger charge is -2.38. The molecular formula is C12H22N2O3. The molecule has 0 aromatic heterocycles. The van der Waals surface area contributed by atoms with Crippen molar-refractivity contribution in [1.29, 1.82) is 0 Å². The number of rotatable bonds is 4. The fourth-order valence-electron chi connectivity index (χ4n) is 2.05. The molecule has 17 heavy (non-hydrogen) atoms. The van der Waals surface area contributed by atoms with Crippen LogP contribution in [0.15, 0.2) is 0 Å². The average Bonchev–Trinajstić information content (AvgIpc) is 2.27. The molecule has 5 heteroatoms. The number of piperazine rings is 1. The SMILES string of the molecule is COC(=O)CN1CCN(C)C(CC(C)C)C1=O. The smallest absolute Gasteiger partial charge is 0.325 e. The molecule has 0 saturated carbocycles. The standard InChI is InChI=1S/C12H22N2O3/c1-9(2)7-10-12(16)14(6-5-13(10)3)8-11(15)17-4/h9-10H,5-8H2,1-4H3. The van der Waals surface area contributed by atoms with E-state index in [4.69, 9.17) is 0 Å². The highest BCUT2D eigenvalue weighted by Crippen LogP contribution is 2.16. The Kier molecular flexibility index (Phi) is 4.93. The van der Waals surface area contributed by atoms with E-state index in [2.05, 4.69) is 23.5 Å². The number of esters is 1. The maximum atomic E-state index is 12.2. The predicted octanol–water partition coefficient (Wildman–Crippen LogP) is 0.348. The van der Waals surface area contributed by atoms with Gasteiger partial charge in [0.1, 0.15) is 6.54 Å². The van der Waals surface area contributed by atoms with Gasteiger partial charge in [-0.15, -0.1) is 0 Å². The minimum atomic E-state index is -0.355. The maximum absolute atomic E-state index is 12.2. The van der Waals surface area contributed by atoms with E-state index in [1.165, 1.54) is 7.11 Å². The van der Waals surface area contributed by atoms with Gasteiger partial charge in [-0.1, -0.05) is 13.8 Å². The molecule has 5 nitrogen and oxygen atoms in total. The number of carbonyl (C=O) groups is 2. The van der Waals surface area contributed by atoms with Crippen LogP contribution in [-0.2, 0) is 14.3 Å². The molecule has 98 valence electrons. The summed E-state index contributed by atoms with van der Waals surface area (Å²) in [4.78, 5) is 27.1. The molecular weight excluding hydrogens is 220 g/mol. The van der Waals surface area contributed by atoms with Crippen LogP contribution >= 0.6 is 0 Å². The third-order valence-corrected chi connectivity index (χ3v) is 3.09. The Hall–Kier alpha value is -1.10. The molecule has 0 N–H and O–H groups in total. The Morgan fingerprint density at radius 2 is 2.12 bits per heavy atom. The van der Waals surface area contributed by atoms with Gasteiger partial charge in [0.15, 0.2) is 0 Å². The van der Waals surface area contributed by atoms with Gasteiger partial charge in [-0.3, -0.25) is 14.5 Å². The largest absolute Gasteiger partial charge is 0.468 e. The number of methoxy groups -OCH3 is 1. The number of carbonyl (C=O) groups excluding carboxylic acids is 2. The van der Waals surface area contributed by atoms with E-state index in [9.17, 15) is 9.59 Å². The summed E-state index contributed by atoms with van der Waals surface area (Å²) in [5.41, 5.74) is 0. The molecule has 0 aromatic carbocycles. The zero-order chi connectivity index (χ0) is 13.0. The van der Waals surface area contributed by atoms with Crippen LogP contribution in [0.3, 0.4) is 0 Å². The van der Waals surface area contributed by atoms with Gasteiger partial charge < -0.3 is 9.64 Å². The van der Waals surface area contributed by atoms with E-state index in [1.807, 2.05) is 7.05 Å². The highest BCUT2D eigenvalue weighted by atomic mass is 16.5. The molecule has 1 saturated heterocycles. The molecule has 1 atom stereocenters. The summed E-state index contributed by atoms with van der Waals surface area (Å²) in [7, 11) is 3.30. The van der Waals surface area contributed by atoms with Crippen LogP contribution in [0.25, 0.3) is 0 Å². The molecule has 0 bridgehead atoms. The van der Waals surface area contributed by atoms with Crippen molar-refractivity contribution >= 4 is 11.9 Å². The quantitative estimate of drug-likeness (QED) is 0.667. The molecule has 0 aliphatic carbocycles. The van der Waals surface area contributed by atoms with Gasteiger partial charge in [0.05, 0.1) is 13.2 Å². The third kappa shape index (κ3) is 3.70. The third-order valence-electron chi connectivity index (χ3n) is 3.09. The number of hydrogen-bond donors (Lipinski definition) is 0. The van der Waals surface area contributed by atoms with Crippen LogP contribution < -0.4 is 0 Å². The first-order chi connectivity index (χ1) is 7.95. The second kappa shape index (κ2) is 6.00. The number of likely N-dealkylation sites (N-methyl/N-ethyl adjacent to an activating group) is 1. The van der Waals surface area contributed by atoms with E-state index in [1.54, 1.807) is 4.90 Å². The van der Waals surface area contributed by atoms with E-state index in [0.29, 0.717) is 12.5 Å². The van der Waals surface area contributed by atoms with Gasteiger partial charge in [0.2, 0.25) is 5.91 Å². The second-order valence-corrected chi connectivity index (χ2v) is 4.96. The van der Waals surface area contributed by atoms with E-state index < -0.39 is 0 Å². The van der Waals surface area contributed by atoms with Crippen molar-refractivity contribution in [1.82, 2.24) is 9.80 Å². The summed E-state index contributed by atoms with van der Waals surface area (Å²) in [5.74, 6) is 0.147. The number of hydrogen-bond acceptors (Lipinski definition) is 4. The van der Waals surface area contributed by atoms with Crippen molar-refractivity contribution in [2.24, 2.45) is 5.92 Å². The highest BCUT2D eigenvalue weighted by Gasteiger charge is 2.33. The van der Waals surface area contributed by atoms with Crippen LogP contribution in [0.5, 0.6) is 0 Å². The average molecular weight is 242 g/mol. The minimum Gasteiger partial charge on any atom is -0.468 e. The predicted molar refractivity (Wildman–Crippen MR) is 64.5 cm³/mol. The Morgan fingerprint density at radius 3 is 2.65 bits per heavy atom. The summed E-state index contributed by atoms with van der Waals surface area (Å²) in [6.07, 6.45) is 0.826. The van der Waals surface area contributed by atoms with Crippen LogP contribution in [0.1, 0.15) is 20.3 Å². The number of ether oxygens (including phenoxy) is 1. The zero-order valence-corrected chi connectivity index (χ0v) is 11.1. The van der Waals surface area contributed by atoms with Gasteiger partial charge >= 0.3 is 5.97 Å². The van der Waals surface area contributed by atoms with Crippen molar-refractivity contribution in [2.45, 2.75) is 26.3 Å². The van der Waals surface area contributed by atoms with Gasteiger partial charge in [0.25, 0.3) is 0 Å². The molecule has 0 spiro atoms. The molecule has 1 aliphatic rings. The Labute approximate surface area is 103 Å². The summed E-state index contributed by atoms with van der Waals surface area (Å²) in [6.45, 7) is 5.66. The molecule has 1 rings (SSSR count). The van der Waals surface area contributed by atoms with Crippen molar-refractivity contribution in [2.75, 3.05) is 33.8 Å². The molecule has 1 heterocycles. The van der Waals surface area contributed by atoms with Crippen molar-refractivity contribution in [3.63, 3.8) is 0 Å². The molecule has 1 aliphatic heterocycles. The summed E-state index contributed by atoms with van der Waals surface area (Å²) < 4.78 is 4.60. The lowest BCUT2D eigenvalue weighted by Crippen LogP contribution is -2.57. The van der Waals surface area contributed by atoms with Gasteiger partial charge in [-0.25, -0.2) is 0 Å². The number of amides is 1. The van der Waals surface area contributed by atoms with Crippen LogP contribution in [-0.4, -0.2) is 61.5 Å². The van der Waals surface area contributed by atoms with Gasteiger partial charge in [0, 0.05) is 13.1 Å². The zero-order valence-electron chi connectivity index (χ0n) is 11.1. The van der Waals surface area contributed by atoms with E-state index in [-0.39, 0.29) is 24.5 Å². The van der Waals surface area contributed by atoms with Crippen molar-refractivity contribution in [3.8, 4) is 0 Å². The molecule has 0 aromatic rings. The highest BCUT2D eigenvalue weighted by molar-refractivity contribution is 5.86. The van der Waals surface area contributed by atoms with E-state index >= 15 is 0 Å². The van der Waals surface area contributed by atoms with Crippen LogP contribution in [0.2, 0.25) is 0 Å². The Balaban J connectivity index is 2.65. The lowest BCUT2D eigenvalue weighted by molar-refractivity contribution is -0.151. The first-order valence-corrected chi connectivity index (χ1v) is 6.01. The first kappa shape index (κ1) is 14.0. The summed E-state index contributed by atoms with van der Waals surface area (Å²) in [6, 6.07) is -0.103. The summed E-state index contributed by atoms with van der Waals surface area (Å²) in [5, 5.41) is 0. The summed E-state index contributed by atoms with van der Waals surface area (Å²) >= 11 is 0. The monoisotopic (exact) mass is 242 g/mol. The van der Waals surface area contributed by atoms with E-state index in [0.717, 1.165) is 13.0 Å². The minimum absolute atomic E-state index is 0.0397. The van der Waals surface area contributed by atoms with Crippen LogP contribution in [0.4, 0.5) is 0 Å². The first-order valence-electron chi connectivity index (χ1n) is 6.01. The molecule has 0 radical (unpaired) electrons. The van der Waals surface area contributed by atoms with Crippen molar-refractivity contribution < 1.29 is 14.3 Å². The molecule has 1 unspecified atom stereocenters. The second-order valence-electron chi connectivity index (χ2n) is 4.96. The fraction of sp³-hybridized carbons (Fsp3) is 0.833. The van der Waals surface area contributed by atoms with Gasteiger partial charge in [-0.2, -0.15) is 0 Å². The van der Waals surface area contributed by atoms with Crippen LogP contribution in [0, 0.1) is 5.92 Å². The Bertz CT molecular complexity index is 291. The van der Waals surface area contributed by atoms with Gasteiger partial charge in [-0.05, 0) is 19.4 Å². The fourth-order valence-corrected chi connectivity index (χ4v) is 2.05. The topological polar surface area (TPSA) is 49.9 Å². The molecule has 1 amide bonds. The molecule has 1 fully saturated rings. The lowest BCUT2D eigenvalue weighted by atomic mass is 10.00. The normalized spacial score (nSPS) is 22.1. The van der Waals surface area contributed by atoms with Crippen molar-refractivity contribution in [3.05, 3.63) is 0 Å².